The van der Waals surface area contributed by atoms with Crippen LogP contribution in [-0.4, -0.2) is 13.6 Å². The van der Waals surface area contributed by atoms with Crippen molar-refractivity contribution in [2.75, 3.05) is 13.6 Å². The average molecular weight is 153 g/mol. The molecule has 2 aliphatic rings. The van der Waals surface area contributed by atoms with Gasteiger partial charge in [-0.05, 0) is 57.0 Å². The average Bonchev–Trinajstić information content (AvgIpc) is 2.32. The highest BCUT2D eigenvalue weighted by Crippen LogP contribution is 2.54. The minimum absolute atomic E-state index is 0.849. The molecule has 1 unspecified atom stereocenters. The smallest absolute Gasteiger partial charge is 0.00233 e. The minimum Gasteiger partial charge on any atom is -0.319 e. The van der Waals surface area contributed by atoms with Crippen LogP contribution in [0.5, 0.6) is 0 Å². The van der Waals surface area contributed by atoms with E-state index in [9.17, 15) is 0 Å². The summed E-state index contributed by atoms with van der Waals surface area (Å²) in [5.74, 6) is 1.00. The Kier molecular flexibility index (Phi) is 1.92. The molecule has 11 heavy (non-hydrogen) atoms. The molecule has 64 valence electrons. The molecule has 2 fully saturated rings. The fourth-order valence-corrected chi connectivity index (χ4v) is 2.92. The normalized spacial score (nSPS) is 34.1. The van der Waals surface area contributed by atoms with Crippen molar-refractivity contribution in [2.45, 2.75) is 38.5 Å². The summed E-state index contributed by atoms with van der Waals surface area (Å²) in [6.45, 7) is 1.25. The van der Waals surface area contributed by atoms with Gasteiger partial charge in [0.25, 0.3) is 0 Å². The van der Waals surface area contributed by atoms with Crippen LogP contribution in [0.3, 0.4) is 0 Å². The first kappa shape index (κ1) is 7.60. The summed E-state index contributed by atoms with van der Waals surface area (Å²) in [5, 5.41) is 3.30. The monoisotopic (exact) mass is 153 g/mol. The second kappa shape index (κ2) is 2.78. The standard InChI is InChI=1S/C10H19N/c1-11-8-9-3-6-10(7-9)4-2-5-10/h9,11H,2-8H2,1H3. The minimum atomic E-state index is 0.849. The van der Waals surface area contributed by atoms with Crippen molar-refractivity contribution in [3.8, 4) is 0 Å². The van der Waals surface area contributed by atoms with Gasteiger partial charge in [0.15, 0.2) is 0 Å². The van der Waals surface area contributed by atoms with E-state index in [1.165, 1.54) is 45.1 Å². The summed E-state index contributed by atoms with van der Waals surface area (Å²) < 4.78 is 0. The van der Waals surface area contributed by atoms with Gasteiger partial charge in [-0.25, -0.2) is 0 Å². The van der Waals surface area contributed by atoms with Crippen molar-refractivity contribution >= 4 is 0 Å². The summed E-state index contributed by atoms with van der Waals surface area (Å²) in [4.78, 5) is 0. The van der Waals surface area contributed by atoms with Gasteiger partial charge in [-0.15, -0.1) is 0 Å². The Balaban J connectivity index is 1.83. The van der Waals surface area contributed by atoms with Crippen LogP contribution in [0.1, 0.15) is 38.5 Å². The van der Waals surface area contributed by atoms with Crippen LogP contribution in [0.2, 0.25) is 0 Å². The predicted octanol–water partition coefficient (Wildman–Crippen LogP) is 2.18. The lowest BCUT2D eigenvalue weighted by atomic mass is 9.67. The van der Waals surface area contributed by atoms with Gasteiger partial charge in [-0.1, -0.05) is 6.42 Å². The van der Waals surface area contributed by atoms with Crippen LogP contribution < -0.4 is 5.32 Å². The molecule has 0 aromatic carbocycles. The van der Waals surface area contributed by atoms with Crippen molar-refractivity contribution < 1.29 is 0 Å². The SMILES string of the molecule is CNCC1CCC2(CCC2)C1. The lowest BCUT2D eigenvalue weighted by molar-refractivity contribution is 0.137. The van der Waals surface area contributed by atoms with E-state index in [2.05, 4.69) is 12.4 Å². The van der Waals surface area contributed by atoms with Gasteiger partial charge in [-0.2, -0.15) is 0 Å². The molecule has 0 amide bonds. The third-order valence-electron chi connectivity index (χ3n) is 3.71. The Labute approximate surface area is 69.6 Å². The van der Waals surface area contributed by atoms with E-state index in [0.29, 0.717) is 0 Å². The molecule has 1 heteroatoms. The zero-order valence-electron chi connectivity index (χ0n) is 7.53. The Hall–Kier alpha value is -0.0400. The highest BCUT2D eigenvalue weighted by molar-refractivity contribution is 4.94. The van der Waals surface area contributed by atoms with Crippen LogP contribution in [0, 0.1) is 11.3 Å². The van der Waals surface area contributed by atoms with E-state index < -0.39 is 0 Å². The third-order valence-corrected chi connectivity index (χ3v) is 3.71. The van der Waals surface area contributed by atoms with Crippen molar-refractivity contribution in [1.29, 1.82) is 0 Å². The summed E-state index contributed by atoms with van der Waals surface area (Å²) >= 11 is 0. The fraction of sp³-hybridized carbons (Fsp3) is 1.00. The summed E-state index contributed by atoms with van der Waals surface area (Å²) in [6.07, 6.45) is 9.11. The maximum atomic E-state index is 3.30. The van der Waals surface area contributed by atoms with Crippen LogP contribution in [0.15, 0.2) is 0 Å². The molecule has 0 saturated heterocycles. The largest absolute Gasteiger partial charge is 0.319 e. The molecule has 1 atom stereocenters. The number of rotatable bonds is 2. The van der Waals surface area contributed by atoms with Crippen LogP contribution >= 0.6 is 0 Å². The molecule has 2 aliphatic carbocycles. The molecule has 0 aliphatic heterocycles. The van der Waals surface area contributed by atoms with Gasteiger partial charge < -0.3 is 5.32 Å². The van der Waals surface area contributed by atoms with Gasteiger partial charge in [0.1, 0.15) is 0 Å². The van der Waals surface area contributed by atoms with Crippen LogP contribution in [-0.2, 0) is 0 Å². The van der Waals surface area contributed by atoms with Crippen molar-refractivity contribution in [2.24, 2.45) is 11.3 Å². The molecule has 0 bridgehead atoms. The molecule has 0 aromatic heterocycles. The highest BCUT2D eigenvalue weighted by atomic mass is 14.8. The quantitative estimate of drug-likeness (QED) is 0.641. The molecular weight excluding hydrogens is 134 g/mol. The summed E-state index contributed by atoms with van der Waals surface area (Å²) in [5.41, 5.74) is 0.849. The third kappa shape index (κ3) is 1.31. The van der Waals surface area contributed by atoms with Crippen LogP contribution in [0.25, 0.3) is 0 Å². The zero-order valence-corrected chi connectivity index (χ0v) is 7.53. The molecule has 0 aromatic rings. The second-order valence-corrected chi connectivity index (χ2v) is 4.52. The molecule has 2 saturated carbocycles. The molecule has 2 rings (SSSR count). The summed E-state index contributed by atoms with van der Waals surface area (Å²) in [7, 11) is 2.08. The van der Waals surface area contributed by atoms with E-state index in [0.717, 1.165) is 11.3 Å². The topological polar surface area (TPSA) is 12.0 Å². The van der Waals surface area contributed by atoms with E-state index in [-0.39, 0.29) is 0 Å². The first-order valence-corrected chi connectivity index (χ1v) is 4.99. The zero-order chi connectivity index (χ0) is 7.73. The number of hydrogen-bond acceptors (Lipinski definition) is 1. The molecular formula is C10H19N. The maximum absolute atomic E-state index is 3.30. The fourth-order valence-electron chi connectivity index (χ4n) is 2.92. The lowest BCUT2D eigenvalue weighted by Gasteiger charge is -2.38. The van der Waals surface area contributed by atoms with Gasteiger partial charge in [0, 0.05) is 0 Å². The lowest BCUT2D eigenvalue weighted by Crippen LogP contribution is -2.27. The summed E-state index contributed by atoms with van der Waals surface area (Å²) in [6, 6.07) is 0. The van der Waals surface area contributed by atoms with Crippen molar-refractivity contribution in [3.05, 3.63) is 0 Å². The van der Waals surface area contributed by atoms with Gasteiger partial charge >= 0.3 is 0 Å². The molecule has 1 N–H and O–H groups in total. The Morgan fingerprint density at radius 3 is 2.64 bits per heavy atom. The molecule has 0 heterocycles. The molecule has 0 radical (unpaired) electrons. The van der Waals surface area contributed by atoms with Gasteiger partial charge in [0.2, 0.25) is 0 Å². The van der Waals surface area contributed by atoms with Crippen molar-refractivity contribution in [1.82, 2.24) is 5.32 Å². The van der Waals surface area contributed by atoms with E-state index in [1.807, 2.05) is 0 Å². The number of hydrogen-bond donors (Lipinski definition) is 1. The second-order valence-electron chi connectivity index (χ2n) is 4.52. The van der Waals surface area contributed by atoms with Gasteiger partial charge in [0.05, 0.1) is 0 Å². The predicted molar refractivity (Wildman–Crippen MR) is 47.6 cm³/mol. The number of nitrogens with one attached hydrogen (secondary N) is 1. The van der Waals surface area contributed by atoms with Crippen LogP contribution in [0.4, 0.5) is 0 Å². The molecule has 1 spiro atoms. The van der Waals surface area contributed by atoms with E-state index >= 15 is 0 Å². The first-order valence-electron chi connectivity index (χ1n) is 4.99. The van der Waals surface area contributed by atoms with Crippen molar-refractivity contribution in [3.63, 3.8) is 0 Å². The van der Waals surface area contributed by atoms with E-state index in [1.54, 1.807) is 0 Å². The Morgan fingerprint density at radius 1 is 1.36 bits per heavy atom. The van der Waals surface area contributed by atoms with E-state index in [4.69, 9.17) is 0 Å². The van der Waals surface area contributed by atoms with Gasteiger partial charge in [-0.3, -0.25) is 0 Å². The first-order chi connectivity index (χ1) is 5.35. The highest BCUT2D eigenvalue weighted by Gasteiger charge is 2.42. The Bertz CT molecular complexity index is 138. The maximum Gasteiger partial charge on any atom is -0.00233 e. The Morgan fingerprint density at radius 2 is 2.18 bits per heavy atom. The molecule has 1 nitrogen and oxygen atoms in total.